The molecule has 0 bridgehead atoms. The van der Waals surface area contributed by atoms with Crippen LogP contribution in [0.5, 0.6) is 5.75 Å². The minimum atomic E-state index is -5.16. The normalized spacial score (nSPS) is 15.3. The van der Waals surface area contributed by atoms with Gasteiger partial charge < -0.3 is 18.7 Å². The first-order valence-corrected chi connectivity index (χ1v) is 13.9. The molecule has 1 fully saturated rings. The molecule has 1 saturated heterocycles. The predicted octanol–water partition coefficient (Wildman–Crippen LogP) is 5.09. The zero-order valence-corrected chi connectivity index (χ0v) is 22.0. The molecule has 0 spiro atoms. The van der Waals surface area contributed by atoms with Gasteiger partial charge in [0.15, 0.2) is 5.75 Å². The number of ether oxygens (including phenoxy) is 1. The SMILES string of the molecule is Cc1c(CS)cc(N2CCN(C(=O)OCC3c4ccccc4-c4ccccc43)CC2)cc1OS(=O)(=O)F. The number of carbonyl (C=O) groups excluding carboxylic acids is 1. The quantitative estimate of drug-likeness (QED) is 0.346. The average molecular weight is 543 g/mol. The van der Waals surface area contributed by atoms with Crippen molar-refractivity contribution in [1.29, 1.82) is 0 Å². The second-order valence-electron chi connectivity index (χ2n) is 9.14. The topological polar surface area (TPSA) is 76.2 Å². The van der Waals surface area contributed by atoms with Gasteiger partial charge in [-0.2, -0.15) is 21.0 Å². The lowest BCUT2D eigenvalue weighted by Crippen LogP contribution is -2.49. The van der Waals surface area contributed by atoms with E-state index in [4.69, 9.17) is 4.74 Å². The fraction of sp³-hybridized carbons (Fsp3) is 0.296. The lowest BCUT2D eigenvalue weighted by molar-refractivity contribution is 0.0976. The van der Waals surface area contributed by atoms with Crippen molar-refractivity contribution in [2.75, 3.05) is 37.7 Å². The highest BCUT2D eigenvalue weighted by Crippen LogP contribution is 2.44. The molecular weight excluding hydrogens is 515 g/mol. The Balaban J connectivity index is 1.23. The van der Waals surface area contributed by atoms with E-state index >= 15 is 0 Å². The molecule has 7 nitrogen and oxygen atoms in total. The molecule has 1 aliphatic heterocycles. The van der Waals surface area contributed by atoms with Gasteiger partial charge in [0.25, 0.3) is 0 Å². The van der Waals surface area contributed by atoms with Crippen molar-refractivity contribution >= 4 is 34.9 Å². The van der Waals surface area contributed by atoms with Gasteiger partial charge in [0.1, 0.15) is 6.61 Å². The van der Waals surface area contributed by atoms with Crippen LogP contribution in [0.4, 0.5) is 14.4 Å². The molecule has 0 atom stereocenters. The van der Waals surface area contributed by atoms with Gasteiger partial charge in [-0.15, -0.1) is 0 Å². The summed E-state index contributed by atoms with van der Waals surface area (Å²) in [6.07, 6.45) is -0.367. The van der Waals surface area contributed by atoms with Crippen LogP contribution in [0.25, 0.3) is 11.1 Å². The van der Waals surface area contributed by atoms with Crippen molar-refractivity contribution in [1.82, 2.24) is 4.90 Å². The number of carbonyl (C=O) groups is 1. The first-order valence-electron chi connectivity index (χ1n) is 12.0. The summed E-state index contributed by atoms with van der Waals surface area (Å²) in [5.41, 5.74) is 6.60. The molecular formula is C27H27FN2O5S2. The number of amides is 1. The largest absolute Gasteiger partial charge is 0.488 e. The number of rotatable bonds is 6. The van der Waals surface area contributed by atoms with Crippen molar-refractivity contribution in [2.24, 2.45) is 0 Å². The van der Waals surface area contributed by atoms with E-state index in [0.29, 0.717) is 43.2 Å². The number of hydrogen-bond donors (Lipinski definition) is 1. The zero-order valence-electron chi connectivity index (χ0n) is 20.3. The Kier molecular flexibility index (Phi) is 7.04. The summed E-state index contributed by atoms with van der Waals surface area (Å²) in [6, 6.07) is 19.8. The second-order valence-corrected chi connectivity index (χ2v) is 10.4. The molecule has 1 aliphatic carbocycles. The Morgan fingerprint density at radius 3 is 2.16 bits per heavy atom. The molecule has 0 saturated carbocycles. The van der Waals surface area contributed by atoms with Crippen molar-refractivity contribution < 1.29 is 26.0 Å². The molecule has 0 N–H and O–H groups in total. The minimum absolute atomic E-state index is 0.00458. The molecule has 3 aromatic rings. The highest BCUT2D eigenvalue weighted by molar-refractivity contribution is 7.81. The first-order chi connectivity index (χ1) is 17.7. The molecule has 2 aliphatic rings. The zero-order chi connectivity index (χ0) is 26.2. The summed E-state index contributed by atoms with van der Waals surface area (Å²) in [7, 11) is -5.16. The van der Waals surface area contributed by atoms with Gasteiger partial charge in [-0.05, 0) is 46.4 Å². The number of thiol groups is 1. The minimum Gasteiger partial charge on any atom is -0.448 e. The highest BCUT2D eigenvalue weighted by atomic mass is 32.3. The van der Waals surface area contributed by atoms with Crippen molar-refractivity contribution in [3.63, 3.8) is 0 Å². The maximum atomic E-state index is 13.2. The maximum absolute atomic E-state index is 13.2. The molecule has 0 aromatic heterocycles. The number of nitrogens with zero attached hydrogens (tertiary/aromatic N) is 2. The number of piperazine rings is 1. The Labute approximate surface area is 221 Å². The van der Waals surface area contributed by atoms with Crippen LogP contribution in [-0.2, 0) is 21.0 Å². The van der Waals surface area contributed by atoms with Crippen molar-refractivity contribution in [3.8, 4) is 16.9 Å². The standard InChI is InChI=1S/C27H27FN2O5S2/c1-18-19(17-36)14-20(15-26(18)35-37(28,32)33)29-10-12-30(13-11-29)27(31)34-16-25-23-8-4-2-6-21(23)22-7-3-5-9-24(22)25/h2-9,14-15,25,36H,10-13,16-17H2,1H3. The van der Waals surface area contributed by atoms with Crippen molar-refractivity contribution in [3.05, 3.63) is 82.9 Å². The van der Waals surface area contributed by atoms with Gasteiger partial charge in [0.2, 0.25) is 0 Å². The molecule has 10 heteroatoms. The first kappa shape index (κ1) is 25.4. The molecule has 194 valence electrons. The Morgan fingerprint density at radius 2 is 1.59 bits per heavy atom. The van der Waals surface area contributed by atoms with Crippen molar-refractivity contribution in [2.45, 2.75) is 18.6 Å². The van der Waals surface area contributed by atoms with Crippen LogP contribution in [-0.4, -0.2) is 52.2 Å². The van der Waals surface area contributed by atoms with E-state index in [9.17, 15) is 17.1 Å². The van der Waals surface area contributed by atoms with Gasteiger partial charge in [0, 0.05) is 49.6 Å². The number of anilines is 1. The molecule has 1 heterocycles. The van der Waals surface area contributed by atoms with E-state index in [2.05, 4.69) is 41.1 Å². The summed E-state index contributed by atoms with van der Waals surface area (Å²) in [5.74, 6) is 0.264. The summed E-state index contributed by atoms with van der Waals surface area (Å²) in [6.45, 7) is 3.78. The van der Waals surface area contributed by atoms with Gasteiger partial charge in [0.05, 0.1) is 0 Å². The lowest BCUT2D eigenvalue weighted by Gasteiger charge is -2.36. The Morgan fingerprint density at radius 1 is 1.00 bits per heavy atom. The van der Waals surface area contributed by atoms with Crippen LogP contribution in [0, 0.1) is 6.92 Å². The van der Waals surface area contributed by atoms with Gasteiger partial charge in [-0.25, -0.2) is 4.79 Å². The molecule has 0 radical (unpaired) electrons. The van der Waals surface area contributed by atoms with Crippen LogP contribution in [0.3, 0.4) is 0 Å². The maximum Gasteiger partial charge on any atom is 0.488 e. The smallest absolute Gasteiger partial charge is 0.448 e. The predicted molar refractivity (Wildman–Crippen MR) is 143 cm³/mol. The van der Waals surface area contributed by atoms with Gasteiger partial charge >= 0.3 is 16.6 Å². The van der Waals surface area contributed by atoms with E-state index in [1.165, 1.54) is 17.2 Å². The molecule has 1 amide bonds. The third kappa shape index (κ3) is 5.26. The molecule has 3 aromatic carbocycles. The van der Waals surface area contributed by atoms with Gasteiger partial charge in [-0.3, -0.25) is 0 Å². The highest BCUT2D eigenvalue weighted by Gasteiger charge is 2.30. The van der Waals surface area contributed by atoms with Crippen LogP contribution in [0.1, 0.15) is 28.2 Å². The monoisotopic (exact) mass is 542 g/mol. The third-order valence-electron chi connectivity index (χ3n) is 7.05. The second kappa shape index (κ2) is 10.3. The van der Waals surface area contributed by atoms with Gasteiger partial charge in [-0.1, -0.05) is 52.4 Å². The van der Waals surface area contributed by atoms with Crippen LogP contribution in [0.15, 0.2) is 60.7 Å². The Bertz CT molecular complexity index is 1390. The fourth-order valence-electron chi connectivity index (χ4n) is 5.10. The third-order valence-corrected chi connectivity index (χ3v) is 7.77. The summed E-state index contributed by atoms with van der Waals surface area (Å²) in [4.78, 5) is 16.6. The molecule has 37 heavy (non-hydrogen) atoms. The molecule has 5 rings (SSSR count). The van der Waals surface area contributed by atoms with E-state index < -0.39 is 10.5 Å². The molecule has 0 unspecified atom stereocenters. The fourth-order valence-corrected chi connectivity index (χ4v) is 5.82. The summed E-state index contributed by atoms with van der Waals surface area (Å²) < 4.78 is 45.7. The van der Waals surface area contributed by atoms with Crippen LogP contribution in [0.2, 0.25) is 0 Å². The summed E-state index contributed by atoms with van der Waals surface area (Å²) >= 11 is 4.30. The van der Waals surface area contributed by atoms with E-state index in [-0.39, 0.29) is 24.4 Å². The van der Waals surface area contributed by atoms with E-state index in [1.807, 2.05) is 35.2 Å². The van der Waals surface area contributed by atoms with E-state index in [1.54, 1.807) is 11.8 Å². The number of fused-ring (bicyclic) bond motifs is 3. The number of hydrogen-bond acceptors (Lipinski definition) is 7. The van der Waals surface area contributed by atoms with E-state index in [0.717, 1.165) is 16.7 Å². The van der Waals surface area contributed by atoms with Crippen LogP contribution >= 0.6 is 12.6 Å². The number of benzene rings is 3. The average Bonchev–Trinajstić information content (AvgIpc) is 3.21. The Hall–Kier alpha value is -3.24. The summed E-state index contributed by atoms with van der Waals surface area (Å²) in [5, 5.41) is 0. The van der Waals surface area contributed by atoms with Crippen LogP contribution < -0.4 is 9.08 Å². The number of halogens is 1. The lowest BCUT2D eigenvalue weighted by atomic mass is 9.98.